The predicted octanol–water partition coefficient (Wildman–Crippen LogP) is 2.36. The summed E-state index contributed by atoms with van der Waals surface area (Å²) in [6, 6.07) is 11.5. The van der Waals surface area contributed by atoms with E-state index in [1.165, 1.54) is 25.7 Å². The van der Waals surface area contributed by atoms with Gasteiger partial charge in [-0.25, -0.2) is 0 Å². The number of nitrogens with zero attached hydrogens (tertiary/aromatic N) is 3. The van der Waals surface area contributed by atoms with Gasteiger partial charge in [0.1, 0.15) is 0 Å². The Labute approximate surface area is 194 Å². The van der Waals surface area contributed by atoms with Crippen LogP contribution < -0.4 is 0 Å². The van der Waals surface area contributed by atoms with Gasteiger partial charge in [0.15, 0.2) is 0 Å². The average Bonchev–Trinajstić information content (AvgIpc) is 3.34. The summed E-state index contributed by atoms with van der Waals surface area (Å²) in [5, 5.41) is 10.0. The van der Waals surface area contributed by atoms with Crippen LogP contribution >= 0.6 is 0 Å². The number of fused-ring (bicyclic) bond motifs is 1. The molecule has 3 atom stereocenters. The summed E-state index contributed by atoms with van der Waals surface area (Å²) < 4.78 is 0. The molecule has 6 nitrogen and oxygen atoms in total. The van der Waals surface area contributed by atoms with Gasteiger partial charge in [-0.1, -0.05) is 42.9 Å². The van der Waals surface area contributed by atoms with Gasteiger partial charge >= 0.3 is 0 Å². The highest BCUT2D eigenvalue weighted by Crippen LogP contribution is 2.43. The fourth-order valence-corrected chi connectivity index (χ4v) is 5.52. The molecule has 2 aromatic rings. The number of aliphatic hydroxyl groups is 1. The van der Waals surface area contributed by atoms with Crippen molar-refractivity contribution < 1.29 is 14.7 Å². The van der Waals surface area contributed by atoms with Crippen LogP contribution in [0, 0.1) is 17.8 Å². The number of aliphatic hydroxyl groups excluding tert-OH is 1. The maximum Gasteiger partial charge on any atom is 0.242 e. The van der Waals surface area contributed by atoms with Gasteiger partial charge in [-0.15, -0.1) is 0 Å². The lowest BCUT2D eigenvalue weighted by Gasteiger charge is -2.58. The molecule has 1 aromatic carbocycles. The zero-order chi connectivity index (χ0) is 22.8. The molecule has 0 radical (unpaired) electrons. The van der Waals surface area contributed by atoms with E-state index in [-0.39, 0.29) is 49.4 Å². The van der Waals surface area contributed by atoms with Gasteiger partial charge in [0.2, 0.25) is 11.8 Å². The molecule has 1 saturated carbocycles. The second-order valence-electron chi connectivity index (χ2n) is 9.33. The van der Waals surface area contributed by atoms with Gasteiger partial charge in [-0.3, -0.25) is 14.6 Å². The van der Waals surface area contributed by atoms with E-state index < -0.39 is 0 Å². The number of pyridine rings is 1. The predicted molar refractivity (Wildman–Crippen MR) is 124 cm³/mol. The van der Waals surface area contributed by atoms with E-state index in [1.807, 2.05) is 18.2 Å². The van der Waals surface area contributed by atoms with E-state index in [4.69, 9.17) is 0 Å². The Kier molecular flexibility index (Phi) is 6.15. The second kappa shape index (κ2) is 9.36. The SMILES string of the molecule is O=C(Cc1cccnc1)N1CC(=O)N2[C@H](CO)[C@H](c3ccc(C#CC4CCCC4)cc3)[C@@H]2C1. The van der Waals surface area contributed by atoms with Crippen molar-refractivity contribution in [2.45, 2.75) is 50.1 Å². The zero-order valence-electron chi connectivity index (χ0n) is 18.7. The third-order valence-electron chi connectivity index (χ3n) is 7.25. The number of benzene rings is 1. The minimum absolute atomic E-state index is 0.00443. The average molecular weight is 444 g/mol. The van der Waals surface area contributed by atoms with Crippen molar-refractivity contribution in [1.29, 1.82) is 0 Å². The van der Waals surface area contributed by atoms with Crippen LogP contribution in [0.4, 0.5) is 0 Å². The molecular weight excluding hydrogens is 414 g/mol. The van der Waals surface area contributed by atoms with Gasteiger partial charge in [-0.2, -0.15) is 0 Å². The van der Waals surface area contributed by atoms with Gasteiger partial charge < -0.3 is 14.9 Å². The van der Waals surface area contributed by atoms with Crippen LogP contribution in [0.25, 0.3) is 0 Å². The molecule has 0 spiro atoms. The Balaban J connectivity index is 1.29. The Bertz CT molecular complexity index is 1070. The van der Waals surface area contributed by atoms with Gasteiger partial charge in [-0.05, 0) is 42.2 Å². The lowest BCUT2D eigenvalue weighted by Crippen LogP contribution is -2.73. The number of hydrogen-bond acceptors (Lipinski definition) is 4. The van der Waals surface area contributed by atoms with E-state index in [0.717, 1.165) is 16.7 Å². The summed E-state index contributed by atoms with van der Waals surface area (Å²) in [4.78, 5) is 33.2. The summed E-state index contributed by atoms with van der Waals surface area (Å²) in [6.45, 7) is 0.462. The van der Waals surface area contributed by atoms with Crippen molar-refractivity contribution in [3.8, 4) is 11.8 Å². The molecule has 3 fully saturated rings. The first-order valence-electron chi connectivity index (χ1n) is 11.8. The monoisotopic (exact) mass is 443 g/mol. The Morgan fingerprint density at radius 3 is 2.64 bits per heavy atom. The van der Waals surface area contributed by atoms with E-state index in [0.29, 0.717) is 12.5 Å². The van der Waals surface area contributed by atoms with Crippen LogP contribution in [0.3, 0.4) is 0 Å². The topological polar surface area (TPSA) is 73.7 Å². The summed E-state index contributed by atoms with van der Waals surface area (Å²) in [7, 11) is 0. The minimum Gasteiger partial charge on any atom is -0.394 e. The van der Waals surface area contributed by atoms with Crippen LogP contribution in [0.1, 0.15) is 48.3 Å². The van der Waals surface area contributed by atoms with Crippen molar-refractivity contribution in [2.24, 2.45) is 5.92 Å². The largest absolute Gasteiger partial charge is 0.394 e. The molecule has 0 unspecified atom stereocenters. The first-order valence-corrected chi connectivity index (χ1v) is 11.8. The third kappa shape index (κ3) is 4.38. The first-order chi connectivity index (χ1) is 16.1. The minimum atomic E-state index is -0.242. The summed E-state index contributed by atoms with van der Waals surface area (Å²) in [6.07, 6.45) is 8.55. The number of piperazine rings is 1. The Morgan fingerprint density at radius 2 is 1.94 bits per heavy atom. The van der Waals surface area contributed by atoms with Gasteiger partial charge in [0.05, 0.1) is 31.7 Å². The van der Waals surface area contributed by atoms with Gasteiger partial charge in [0, 0.05) is 36.3 Å². The molecule has 6 heteroatoms. The smallest absolute Gasteiger partial charge is 0.242 e. The molecule has 2 amide bonds. The molecule has 1 N–H and O–H groups in total. The van der Waals surface area contributed by atoms with Crippen molar-refractivity contribution in [1.82, 2.24) is 14.8 Å². The highest BCUT2D eigenvalue weighted by atomic mass is 16.3. The highest BCUT2D eigenvalue weighted by Gasteiger charge is 2.54. The summed E-state index contributed by atoms with van der Waals surface area (Å²) in [5.74, 6) is 7.05. The van der Waals surface area contributed by atoms with E-state index >= 15 is 0 Å². The standard InChI is InChI=1S/C27H29N3O3/c31-18-24-27(22-11-9-20(10-12-22)8-7-19-4-1-2-5-19)23-16-29(17-26(33)30(23)24)25(32)14-21-6-3-13-28-15-21/h3,6,9-13,15,19,23-24,27,31H,1-2,4-5,14,16-18H2/t23-,24+,27+/m0/s1. The zero-order valence-corrected chi connectivity index (χ0v) is 18.7. The molecule has 33 heavy (non-hydrogen) atoms. The third-order valence-corrected chi connectivity index (χ3v) is 7.25. The molecule has 1 aromatic heterocycles. The maximum absolute atomic E-state index is 12.9. The van der Waals surface area contributed by atoms with E-state index in [2.05, 4.69) is 29.0 Å². The molecule has 3 aliphatic rings. The van der Waals surface area contributed by atoms with Crippen molar-refractivity contribution in [3.63, 3.8) is 0 Å². The molecule has 0 bridgehead atoms. The van der Waals surface area contributed by atoms with Crippen molar-refractivity contribution >= 4 is 11.8 Å². The fraction of sp³-hybridized carbons (Fsp3) is 0.444. The number of carbonyl (C=O) groups is 2. The lowest BCUT2D eigenvalue weighted by molar-refractivity contribution is -0.166. The first kappa shape index (κ1) is 21.7. The Hall–Kier alpha value is -3.17. The molecule has 2 aliphatic heterocycles. The van der Waals surface area contributed by atoms with Crippen LogP contribution in [0.5, 0.6) is 0 Å². The number of amides is 2. The quantitative estimate of drug-likeness (QED) is 0.737. The van der Waals surface area contributed by atoms with Crippen LogP contribution in [-0.2, 0) is 16.0 Å². The molecule has 170 valence electrons. The molecule has 3 heterocycles. The highest BCUT2D eigenvalue weighted by molar-refractivity contribution is 5.88. The molecule has 5 rings (SSSR count). The Morgan fingerprint density at radius 1 is 1.15 bits per heavy atom. The molecule has 2 saturated heterocycles. The fourth-order valence-electron chi connectivity index (χ4n) is 5.52. The normalized spacial score (nSPS) is 24.6. The van der Waals surface area contributed by atoms with Crippen molar-refractivity contribution in [2.75, 3.05) is 19.7 Å². The van der Waals surface area contributed by atoms with Crippen LogP contribution in [-0.4, -0.2) is 63.5 Å². The maximum atomic E-state index is 12.9. The number of carbonyl (C=O) groups excluding carboxylic acids is 2. The van der Waals surface area contributed by atoms with Gasteiger partial charge in [0.25, 0.3) is 0 Å². The van der Waals surface area contributed by atoms with Crippen LogP contribution in [0.2, 0.25) is 0 Å². The molecule has 1 aliphatic carbocycles. The summed E-state index contributed by atoms with van der Waals surface area (Å²) in [5.41, 5.74) is 2.91. The number of rotatable bonds is 4. The van der Waals surface area contributed by atoms with E-state index in [9.17, 15) is 14.7 Å². The lowest BCUT2D eigenvalue weighted by atomic mass is 9.73. The molecular formula is C27H29N3O3. The van der Waals surface area contributed by atoms with Crippen molar-refractivity contribution in [3.05, 3.63) is 65.5 Å². The summed E-state index contributed by atoms with van der Waals surface area (Å²) >= 11 is 0. The van der Waals surface area contributed by atoms with Crippen LogP contribution in [0.15, 0.2) is 48.8 Å². The van der Waals surface area contributed by atoms with E-state index in [1.54, 1.807) is 28.3 Å². The number of hydrogen-bond donors (Lipinski definition) is 1. The second-order valence-corrected chi connectivity index (χ2v) is 9.33. The number of aromatic nitrogens is 1.